The quantitative estimate of drug-likeness (QED) is 0.592. The Balaban J connectivity index is 1.73. The van der Waals surface area contributed by atoms with E-state index in [-0.39, 0.29) is 30.0 Å². The van der Waals surface area contributed by atoms with Crippen molar-refractivity contribution in [3.63, 3.8) is 0 Å². The summed E-state index contributed by atoms with van der Waals surface area (Å²) in [6.45, 7) is 6.84. The Bertz CT molecular complexity index is 1280. The van der Waals surface area contributed by atoms with Gasteiger partial charge in [0.25, 0.3) is 5.91 Å². The van der Waals surface area contributed by atoms with E-state index in [1.165, 1.54) is 16.4 Å². The van der Waals surface area contributed by atoms with E-state index in [2.05, 4.69) is 10.3 Å². The van der Waals surface area contributed by atoms with Crippen molar-refractivity contribution in [2.24, 2.45) is 0 Å². The van der Waals surface area contributed by atoms with Gasteiger partial charge in [0.2, 0.25) is 10.0 Å². The number of carbonyl (C=O) groups is 1. The summed E-state index contributed by atoms with van der Waals surface area (Å²) in [4.78, 5) is 17.9. The molecule has 0 radical (unpaired) electrons. The number of anilines is 1. The number of hydrogen-bond acceptors (Lipinski definition) is 6. The maximum atomic E-state index is 13.3. The van der Waals surface area contributed by atoms with Crippen molar-refractivity contribution < 1.29 is 22.7 Å². The Hall–Kier alpha value is -3.01. The number of pyridine rings is 1. The molecule has 9 heteroatoms. The fraction of sp³-hybridized carbons (Fsp3) is 0.333. The number of amides is 1. The number of aromatic nitrogens is 1. The van der Waals surface area contributed by atoms with Crippen LogP contribution in [-0.4, -0.2) is 56.0 Å². The van der Waals surface area contributed by atoms with Crippen molar-refractivity contribution in [1.29, 1.82) is 0 Å². The summed E-state index contributed by atoms with van der Waals surface area (Å²) >= 11 is 0. The number of nitrogens with zero attached hydrogens (tertiary/aromatic N) is 2. The van der Waals surface area contributed by atoms with Gasteiger partial charge in [-0.15, -0.1) is 0 Å². The lowest BCUT2D eigenvalue weighted by Gasteiger charge is -2.26. The lowest BCUT2D eigenvalue weighted by molar-refractivity contribution is 0.0730. The Kier molecular flexibility index (Phi) is 6.64. The number of para-hydroxylation sites is 1. The normalized spacial score (nSPS) is 15.0. The first-order chi connectivity index (χ1) is 15.8. The molecule has 8 nitrogen and oxygen atoms in total. The van der Waals surface area contributed by atoms with Gasteiger partial charge < -0.3 is 14.8 Å². The number of ether oxygens (including phenoxy) is 2. The number of carbonyl (C=O) groups excluding carboxylic acids is 1. The van der Waals surface area contributed by atoms with Crippen molar-refractivity contribution in [3.05, 3.63) is 59.8 Å². The molecule has 1 amide bonds. The first kappa shape index (κ1) is 23.2. The number of aryl methyl sites for hydroxylation is 1. The van der Waals surface area contributed by atoms with E-state index in [0.29, 0.717) is 46.8 Å². The van der Waals surface area contributed by atoms with E-state index in [1.54, 1.807) is 12.1 Å². The predicted octanol–water partition coefficient (Wildman–Crippen LogP) is 3.60. The van der Waals surface area contributed by atoms with Crippen molar-refractivity contribution >= 4 is 32.5 Å². The molecule has 1 N–H and O–H groups in total. The highest BCUT2D eigenvalue weighted by atomic mass is 32.2. The molecule has 174 valence electrons. The number of benzene rings is 2. The molecule has 4 rings (SSSR count). The topological polar surface area (TPSA) is 97.8 Å². The van der Waals surface area contributed by atoms with Gasteiger partial charge in [-0.1, -0.05) is 18.2 Å². The second kappa shape index (κ2) is 9.46. The third-order valence-electron chi connectivity index (χ3n) is 5.26. The molecule has 0 bridgehead atoms. The van der Waals surface area contributed by atoms with Gasteiger partial charge in [-0.2, -0.15) is 4.31 Å². The van der Waals surface area contributed by atoms with Crippen LogP contribution in [0.25, 0.3) is 10.9 Å². The molecule has 1 aromatic heterocycles. The molecule has 3 aromatic rings. The molecule has 33 heavy (non-hydrogen) atoms. The fourth-order valence-corrected chi connectivity index (χ4v) is 5.18. The van der Waals surface area contributed by atoms with Gasteiger partial charge >= 0.3 is 0 Å². The minimum atomic E-state index is -3.74. The maximum absolute atomic E-state index is 13.3. The van der Waals surface area contributed by atoms with Crippen LogP contribution in [0.1, 0.15) is 29.9 Å². The Morgan fingerprint density at radius 3 is 2.58 bits per heavy atom. The van der Waals surface area contributed by atoms with Crippen LogP contribution in [0.5, 0.6) is 5.75 Å². The highest BCUT2D eigenvalue weighted by Gasteiger charge is 2.27. The lowest BCUT2D eigenvalue weighted by atomic mass is 10.1. The van der Waals surface area contributed by atoms with E-state index < -0.39 is 10.0 Å². The first-order valence-corrected chi connectivity index (χ1v) is 12.3. The van der Waals surface area contributed by atoms with Gasteiger partial charge in [-0.05, 0) is 51.1 Å². The Morgan fingerprint density at radius 1 is 1.12 bits per heavy atom. The van der Waals surface area contributed by atoms with Crippen LogP contribution < -0.4 is 10.1 Å². The Labute approximate surface area is 193 Å². The largest absolute Gasteiger partial charge is 0.489 e. The summed E-state index contributed by atoms with van der Waals surface area (Å²) in [6, 6.07) is 13.7. The molecule has 0 spiro atoms. The standard InChI is InChI=1S/C24H27N3O5S/c1-16(2)32-23-9-8-18(33(29,30)27-10-12-31-13-11-27)15-22(23)26-24(28)20-14-17(3)25-21-7-5-4-6-19(20)21/h4-9,14-16H,10-13H2,1-3H3,(H,26,28). The van der Waals surface area contributed by atoms with Crippen LogP contribution in [0.3, 0.4) is 0 Å². The van der Waals surface area contributed by atoms with Crippen LogP contribution in [0, 0.1) is 6.92 Å². The van der Waals surface area contributed by atoms with Gasteiger partial charge in [-0.3, -0.25) is 9.78 Å². The van der Waals surface area contributed by atoms with Crippen LogP contribution in [-0.2, 0) is 14.8 Å². The van der Waals surface area contributed by atoms with Gasteiger partial charge in [0.1, 0.15) is 5.75 Å². The molecular formula is C24H27N3O5S. The number of morpholine rings is 1. The molecule has 2 aromatic carbocycles. The minimum Gasteiger partial charge on any atom is -0.489 e. The number of fused-ring (bicyclic) bond motifs is 1. The van der Waals surface area contributed by atoms with Crippen molar-refractivity contribution in [1.82, 2.24) is 9.29 Å². The first-order valence-electron chi connectivity index (χ1n) is 10.8. The monoisotopic (exact) mass is 469 g/mol. The van der Waals surface area contributed by atoms with Crippen LogP contribution in [0.2, 0.25) is 0 Å². The van der Waals surface area contributed by atoms with E-state index in [4.69, 9.17) is 9.47 Å². The summed E-state index contributed by atoms with van der Waals surface area (Å²) in [5.74, 6) is 0.0283. The smallest absolute Gasteiger partial charge is 0.256 e. The summed E-state index contributed by atoms with van der Waals surface area (Å²) in [6.07, 6.45) is -0.161. The molecule has 0 saturated carbocycles. The second-order valence-electron chi connectivity index (χ2n) is 8.12. The molecule has 0 unspecified atom stereocenters. The van der Waals surface area contributed by atoms with Crippen molar-refractivity contribution in [2.75, 3.05) is 31.6 Å². The maximum Gasteiger partial charge on any atom is 0.256 e. The zero-order valence-electron chi connectivity index (χ0n) is 18.9. The van der Waals surface area contributed by atoms with Gasteiger partial charge in [0.05, 0.1) is 41.0 Å². The fourth-order valence-electron chi connectivity index (χ4n) is 3.75. The average Bonchev–Trinajstić information content (AvgIpc) is 2.79. The molecule has 1 fully saturated rings. The number of sulfonamides is 1. The van der Waals surface area contributed by atoms with Crippen LogP contribution in [0.15, 0.2) is 53.4 Å². The highest BCUT2D eigenvalue weighted by Crippen LogP contribution is 2.31. The molecule has 0 aliphatic carbocycles. The van der Waals surface area contributed by atoms with E-state index in [9.17, 15) is 13.2 Å². The van der Waals surface area contributed by atoms with Crippen LogP contribution >= 0.6 is 0 Å². The van der Waals surface area contributed by atoms with Crippen molar-refractivity contribution in [2.45, 2.75) is 31.8 Å². The zero-order valence-corrected chi connectivity index (χ0v) is 19.7. The summed E-state index contributed by atoms with van der Waals surface area (Å²) in [7, 11) is -3.74. The SMILES string of the molecule is Cc1cc(C(=O)Nc2cc(S(=O)(=O)N3CCOCC3)ccc2OC(C)C)c2ccccc2n1. The molecule has 1 aliphatic heterocycles. The predicted molar refractivity (Wildman–Crippen MR) is 126 cm³/mol. The second-order valence-corrected chi connectivity index (χ2v) is 10.1. The molecule has 0 atom stereocenters. The molecular weight excluding hydrogens is 442 g/mol. The molecule has 2 heterocycles. The van der Waals surface area contributed by atoms with E-state index >= 15 is 0 Å². The third kappa shape index (κ3) is 5.00. The molecule has 1 aliphatic rings. The summed E-state index contributed by atoms with van der Waals surface area (Å²) < 4.78 is 38.8. The Morgan fingerprint density at radius 2 is 1.85 bits per heavy atom. The zero-order chi connectivity index (χ0) is 23.6. The van der Waals surface area contributed by atoms with Gasteiger partial charge in [0.15, 0.2) is 0 Å². The highest BCUT2D eigenvalue weighted by molar-refractivity contribution is 7.89. The summed E-state index contributed by atoms with van der Waals surface area (Å²) in [5, 5.41) is 3.58. The van der Waals surface area contributed by atoms with Gasteiger partial charge in [0, 0.05) is 24.2 Å². The average molecular weight is 470 g/mol. The molecule has 1 saturated heterocycles. The lowest BCUT2D eigenvalue weighted by Crippen LogP contribution is -2.40. The minimum absolute atomic E-state index is 0.0894. The van der Waals surface area contributed by atoms with Gasteiger partial charge in [-0.25, -0.2) is 8.42 Å². The number of rotatable bonds is 6. The van der Waals surface area contributed by atoms with E-state index in [0.717, 1.165) is 0 Å². The number of hydrogen-bond donors (Lipinski definition) is 1. The third-order valence-corrected chi connectivity index (χ3v) is 7.15. The summed E-state index contributed by atoms with van der Waals surface area (Å²) in [5.41, 5.74) is 2.17. The van der Waals surface area contributed by atoms with E-state index in [1.807, 2.05) is 45.0 Å². The van der Waals surface area contributed by atoms with Crippen LogP contribution in [0.4, 0.5) is 5.69 Å². The van der Waals surface area contributed by atoms with Crippen molar-refractivity contribution in [3.8, 4) is 5.75 Å². The number of nitrogens with one attached hydrogen (secondary N) is 1.